The van der Waals surface area contributed by atoms with E-state index in [9.17, 15) is 8.42 Å². The molecule has 0 bridgehead atoms. The Morgan fingerprint density at radius 3 is 2.43 bits per heavy atom. The topological polar surface area (TPSA) is 55.4 Å². The molecule has 112 valence electrons. The van der Waals surface area contributed by atoms with Gasteiger partial charge >= 0.3 is 0 Å². The van der Waals surface area contributed by atoms with Crippen molar-refractivity contribution in [3.63, 3.8) is 0 Å². The fraction of sp³-hybridized carbons (Fsp3) is 0.143. The molecule has 0 heterocycles. The molecule has 4 nitrogen and oxygen atoms in total. The van der Waals surface area contributed by atoms with Crippen LogP contribution in [0.1, 0.15) is 6.92 Å². The molecule has 0 spiro atoms. The number of anilines is 1. The summed E-state index contributed by atoms with van der Waals surface area (Å²) in [5, 5.41) is 0.266. The summed E-state index contributed by atoms with van der Waals surface area (Å²) in [5.74, 6) is 0.465. The Bertz CT molecular complexity index is 732. The molecule has 0 radical (unpaired) electrons. The van der Waals surface area contributed by atoms with Crippen molar-refractivity contribution in [3.8, 4) is 5.75 Å². The molecule has 2 rings (SSSR count). The molecule has 2 aromatic rings. The van der Waals surface area contributed by atoms with Crippen LogP contribution in [0.4, 0.5) is 5.69 Å². The molecule has 0 aliphatic rings. The van der Waals surface area contributed by atoms with Crippen LogP contribution in [0, 0.1) is 3.57 Å². The SMILES string of the molecule is CCOc1ccc(S(=O)(=O)Nc2ccc(I)cc2)cc1Cl. The number of sulfonamides is 1. The lowest BCUT2D eigenvalue weighted by Crippen LogP contribution is -2.13. The maximum atomic E-state index is 12.3. The first kappa shape index (κ1) is 16.4. The highest BCUT2D eigenvalue weighted by Gasteiger charge is 2.16. The van der Waals surface area contributed by atoms with Crippen molar-refractivity contribution in [1.29, 1.82) is 0 Å². The molecule has 0 atom stereocenters. The van der Waals surface area contributed by atoms with E-state index >= 15 is 0 Å². The van der Waals surface area contributed by atoms with Crippen molar-refractivity contribution in [2.24, 2.45) is 0 Å². The van der Waals surface area contributed by atoms with E-state index in [0.29, 0.717) is 18.0 Å². The predicted molar refractivity (Wildman–Crippen MR) is 92.6 cm³/mol. The van der Waals surface area contributed by atoms with E-state index in [2.05, 4.69) is 27.3 Å². The third-order valence-corrected chi connectivity index (χ3v) is 5.00. The van der Waals surface area contributed by atoms with Crippen molar-refractivity contribution in [2.75, 3.05) is 11.3 Å². The van der Waals surface area contributed by atoms with Gasteiger partial charge in [-0.15, -0.1) is 0 Å². The van der Waals surface area contributed by atoms with Crippen LogP contribution >= 0.6 is 34.2 Å². The number of rotatable bonds is 5. The van der Waals surface area contributed by atoms with Gasteiger partial charge in [-0.25, -0.2) is 8.42 Å². The Kier molecular flexibility index (Phi) is 5.34. The lowest BCUT2D eigenvalue weighted by Gasteiger charge is -2.10. The average Bonchev–Trinajstić information content (AvgIpc) is 2.43. The standard InChI is InChI=1S/C14H13ClINO3S/c1-2-20-14-8-7-12(9-13(14)15)21(18,19)17-11-5-3-10(16)4-6-11/h3-9,17H,2H2,1H3. The zero-order valence-corrected chi connectivity index (χ0v) is 14.9. The first-order chi connectivity index (χ1) is 9.92. The summed E-state index contributed by atoms with van der Waals surface area (Å²) in [6.07, 6.45) is 0. The average molecular weight is 438 g/mol. The summed E-state index contributed by atoms with van der Waals surface area (Å²) >= 11 is 8.17. The molecule has 0 amide bonds. The number of benzene rings is 2. The minimum atomic E-state index is -3.67. The highest BCUT2D eigenvalue weighted by molar-refractivity contribution is 14.1. The van der Waals surface area contributed by atoms with Gasteiger partial charge in [0.05, 0.1) is 16.5 Å². The van der Waals surface area contributed by atoms with Crippen LogP contribution in [0.3, 0.4) is 0 Å². The Hall–Kier alpha value is -0.990. The summed E-state index contributed by atoms with van der Waals surface area (Å²) in [5.41, 5.74) is 0.500. The Morgan fingerprint density at radius 2 is 1.86 bits per heavy atom. The Balaban J connectivity index is 2.27. The van der Waals surface area contributed by atoms with Gasteiger partial charge in [0.1, 0.15) is 5.75 Å². The normalized spacial score (nSPS) is 11.2. The molecule has 2 aromatic carbocycles. The summed E-state index contributed by atoms with van der Waals surface area (Å²) in [6, 6.07) is 11.4. The van der Waals surface area contributed by atoms with Crippen molar-refractivity contribution in [1.82, 2.24) is 0 Å². The van der Waals surface area contributed by atoms with Gasteiger partial charge in [0.25, 0.3) is 10.0 Å². The van der Waals surface area contributed by atoms with Crippen LogP contribution in [0.25, 0.3) is 0 Å². The van der Waals surface area contributed by atoms with Gasteiger partial charge in [-0.2, -0.15) is 0 Å². The third-order valence-electron chi connectivity index (χ3n) is 2.61. The lowest BCUT2D eigenvalue weighted by atomic mass is 10.3. The fourth-order valence-electron chi connectivity index (χ4n) is 1.65. The number of ether oxygens (including phenoxy) is 1. The summed E-state index contributed by atoms with van der Waals surface area (Å²) < 4.78 is 33.4. The molecule has 0 aliphatic heterocycles. The maximum absolute atomic E-state index is 12.3. The summed E-state index contributed by atoms with van der Waals surface area (Å²) in [4.78, 5) is 0.0921. The van der Waals surface area contributed by atoms with Crippen molar-refractivity contribution < 1.29 is 13.2 Å². The van der Waals surface area contributed by atoms with Crippen LogP contribution in [-0.4, -0.2) is 15.0 Å². The number of hydrogen-bond donors (Lipinski definition) is 1. The molecule has 0 aliphatic carbocycles. The predicted octanol–water partition coefficient (Wildman–Crippen LogP) is 4.14. The monoisotopic (exact) mass is 437 g/mol. The van der Waals surface area contributed by atoms with E-state index in [1.54, 1.807) is 18.2 Å². The fourth-order valence-corrected chi connectivity index (χ4v) is 3.40. The lowest BCUT2D eigenvalue weighted by molar-refractivity contribution is 0.340. The van der Waals surface area contributed by atoms with Gasteiger partial charge in [-0.3, -0.25) is 4.72 Å². The van der Waals surface area contributed by atoms with Crippen molar-refractivity contribution in [2.45, 2.75) is 11.8 Å². The second-order valence-electron chi connectivity index (χ2n) is 4.14. The third kappa shape index (κ3) is 4.24. The van der Waals surface area contributed by atoms with Crippen LogP contribution in [0.5, 0.6) is 5.75 Å². The molecule has 0 aromatic heterocycles. The minimum Gasteiger partial charge on any atom is -0.492 e. The maximum Gasteiger partial charge on any atom is 0.261 e. The molecular weight excluding hydrogens is 425 g/mol. The second-order valence-corrected chi connectivity index (χ2v) is 7.47. The molecule has 0 unspecified atom stereocenters. The Morgan fingerprint density at radius 1 is 1.19 bits per heavy atom. The molecule has 0 saturated heterocycles. The van der Waals surface area contributed by atoms with Gasteiger partial charge < -0.3 is 4.74 Å². The number of nitrogens with one attached hydrogen (secondary N) is 1. The van der Waals surface area contributed by atoms with E-state index in [4.69, 9.17) is 16.3 Å². The molecule has 21 heavy (non-hydrogen) atoms. The second kappa shape index (κ2) is 6.85. The van der Waals surface area contributed by atoms with E-state index in [1.165, 1.54) is 12.1 Å². The number of halogens is 2. The first-order valence-electron chi connectivity index (χ1n) is 6.13. The van der Waals surface area contributed by atoms with Gasteiger partial charge in [0.2, 0.25) is 0 Å². The molecule has 0 fully saturated rings. The molecular formula is C14H13ClINO3S. The van der Waals surface area contributed by atoms with Crippen LogP contribution in [-0.2, 0) is 10.0 Å². The van der Waals surface area contributed by atoms with Gasteiger partial charge in [0.15, 0.2) is 0 Å². The van der Waals surface area contributed by atoms with Crippen molar-refractivity contribution >= 4 is 49.9 Å². The van der Waals surface area contributed by atoms with E-state index in [1.807, 2.05) is 19.1 Å². The van der Waals surface area contributed by atoms with E-state index < -0.39 is 10.0 Å². The van der Waals surface area contributed by atoms with Gasteiger partial charge in [0, 0.05) is 9.26 Å². The smallest absolute Gasteiger partial charge is 0.261 e. The molecule has 0 saturated carbocycles. The highest BCUT2D eigenvalue weighted by atomic mass is 127. The zero-order chi connectivity index (χ0) is 15.5. The molecule has 1 N–H and O–H groups in total. The van der Waals surface area contributed by atoms with Gasteiger partial charge in [-0.1, -0.05) is 11.6 Å². The van der Waals surface area contributed by atoms with E-state index in [-0.39, 0.29) is 9.92 Å². The summed E-state index contributed by atoms with van der Waals surface area (Å²) in [6.45, 7) is 2.30. The zero-order valence-electron chi connectivity index (χ0n) is 11.1. The Labute approximate surface area is 142 Å². The highest BCUT2D eigenvalue weighted by Crippen LogP contribution is 2.28. The largest absolute Gasteiger partial charge is 0.492 e. The first-order valence-corrected chi connectivity index (χ1v) is 9.07. The molecule has 7 heteroatoms. The van der Waals surface area contributed by atoms with Crippen LogP contribution in [0.2, 0.25) is 5.02 Å². The van der Waals surface area contributed by atoms with Crippen molar-refractivity contribution in [3.05, 3.63) is 51.1 Å². The summed E-state index contributed by atoms with van der Waals surface area (Å²) in [7, 11) is -3.67. The van der Waals surface area contributed by atoms with E-state index in [0.717, 1.165) is 3.57 Å². The van der Waals surface area contributed by atoms with Crippen LogP contribution in [0.15, 0.2) is 47.4 Å². The van der Waals surface area contributed by atoms with Gasteiger partial charge in [-0.05, 0) is 72.0 Å². The number of hydrogen-bond acceptors (Lipinski definition) is 3. The quantitative estimate of drug-likeness (QED) is 0.715. The minimum absolute atomic E-state index is 0.0921. The van der Waals surface area contributed by atoms with Crippen LogP contribution < -0.4 is 9.46 Å².